The van der Waals surface area contributed by atoms with Gasteiger partial charge in [0, 0.05) is 50.9 Å². The molecule has 24 heavy (non-hydrogen) atoms. The molecule has 0 spiro atoms. The number of halogens is 1. The molecule has 2 aliphatic rings. The van der Waals surface area contributed by atoms with E-state index in [1.165, 1.54) is 12.1 Å². The zero-order valence-corrected chi connectivity index (χ0v) is 14.2. The van der Waals surface area contributed by atoms with Gasteiger partial charge in [-0.3, -0.25) is 9.69 Å². The fourth-order valence-corrected chi connectivity index (χ4v) is 3.32. The Morgan fingerprint density at radius 3 is 2.62 bits per heavy atom. The lowest BCUT2D eigenvalue weighted by Crippen LogP contribution is -2.54. The van der Waals surface area contributed by atoms with Crippen LogP contribution < -0.4 is 10.2 Å². The van der Waals surface area contributed by atoms with Crippen LogP contribution in [-0.4, -0.2) is 62.8 Å². The Morgan fingerprint density at radius 1 is 1.29 bits per heavy atom. The number of hydrogen-bond acceptors (Lipinski definition) is 4. The van der Waals surface area contributed by atoms with Crippen LogP contribution in [0.2, 0.25) is 0 Å². The van der Waals surface area contributed by atoms with Crippen LogP contribution in [0.5, 0.6) is 0 Å². The Bertz CT molecular complexity index is 538. The highest BCUT2D eigenvalue weighted by Crippen LogP contribution is 2.18. The molecule has 0 aliphatic carbocycles. The molecule has 2 aliphatic heterocycles. The van der Waals surface area contributed by atoms with E-state index in [0.29, 0.717) is 12.5 Å². The van der Waals surface area contributed by atoms with E-state index in [4.69, 9.17) is 4.74 Å². The largest absolute Gasteiger partial charge is 0.381 e. The van der Waals surface area contributed by atoms with Gasteiger partial charge in [0.1, 0.15) is 5.82 Å². The number of benzene rings is 1. The van der Waals surface area contributed by atoms with E-state index >= 15 is 0 Å². The molecule has 0 unspecified atom stereocenters. The summed E-state index contributed by atoms with van der Waals surface area (Å²) in [6.07, 6.45) is 1.03. The van der Waals surface area contributed by atoms with Crippen molar-refractivity contribution >= 4 is 11.6 Å². The van der Waals surface area contributed by atoms with Gasteiger partial charge in [-0.2, -0.15) is 0 Å². The standard InChI is InChI=1S/C18H26FN3O2/c1-14(18(23)20-12-15-6-11-24-13-15)21-7-9-22(10-8-21)17-4-2-16(19)3-5-17/h2-5,14-15H,6-13H2,1H3,(H,20,23)/t14-,15+/m0/s1. The Kier molecular flexibility index (Phi) is 5.68. The van der Waals surface area contributed by atoms with Gasteiger partial charge in [0.05, 0.1) is 12.6 Å². The highest BCUT2D eigenvalue weighted by molar-refractivity contribution is 5.81. The third kappa shape index (κ3) is 4.24. The topological polar surface area (TPSA) is 44.8 Å². The minimum absolute atomic E-state index is 0.0946. The molecule has 0 bridgehead atoms. The number of rotatable bonds is 5. The normalized spacial score (nSPS) is 23.2. The highest BCUT2D eigenvalue weighted by atomic mass is 19.1. The molecule has 0 saturated carbocycles. The van der Waals surface area contributed by atoms with E-state index in [1.54, 1.807) is 0 Å². The number of piperazine rings is 1. The minimum atomic E-state index is -0.213. The molecule has 1 aromatic rings. The molecule has 0 radical (unpaired) electrons. The summed E-state index contributed by atoms with van der Waals surface area (Å²) >= 11 is 0. The second-order valence-electron chi connectivity index (χ2n) is 6.65. The van der Waals surface area contributed by atoms with Crippen LogP contribution in [-0.2, 0) is 9.53 Å². The molecule has 1 N–H and O–H groups in total. The SMILES string of the molecule is C[C@@H](C(=O)NC[C@H]1CCOC1)N1CCN(c2ccc(F)cc2)CC1. The molecule has 2 fully saturated rings. The molecule has 1 amide bonds. The summed E-state index contributed by atoms with van der Waals surface area (Å²) in [5.41, 5.74) is 1.04. The first-order valence-electron chi connectivity index (χ1n) is 8.73. The molecule has 2 atom stereocenters. The van der Waals surface area contributed by atoms with E-state index in [1.807, 2.05) is 19.1 Å². The lowest BCUT2D eigenvalue weighted by Gasteiger charge is -2.38. The van der Waals surface area contributed by atoms with Crippen LogP contribution in [0.3, 0.4) is 0 Å². The predicted octanol–water partition coefficient (Wildman–Crippen LogP) is 1.49. The van der Waals surface area contributed by atoms with Crippen molar-refractivity contribution in [2.45, 2.75) is 19.4 Å². The summed E-state index contributed by atoms with van der Waals surface area (Å²) in [6.45, 7) is 7.59. The average molecular weight is 335 g/mol. The zero-order chi connectivity index (χ0) is 16.9. The number of carbonyl (C=O) groups excluding carboxylic acids is 1. The lowest BCUT2D eigenvalue weighted by molar-refractivity contribution is -0.126. The molecule has 3 rings (SSSR count). The maximum Gasteiger partial charge on any atom is 0.237 e. The summed E-state index contributed by atoms with van der Waals surface area (Å²) in [5.74, 6) is 0.337. The monoisotopic (exact) mass is 335 g/mol. The van der Waals surface area contributed by atoms with E-state index in [0.717, 1.165) is 51.5 Å². The van der Waals surface area contributed by atoms with E-state index in [2.05, 4.69) is 15.1 Å². The van der Waals surface area contributed by atoms with Gasteiger partial charge in [-0.1, -0.05) is 0 Å². The summed E-state index contributed by atoms with van der Waals surface area (Å²) in [4.78, 5) is 16.8. The quantitative estimate of drug-likeness (QED) is 0.885. The van der Waals surface area contributed by atoms with Crippen molar-refractivity contribution in [3.63, 3.8) is 0 Å². The molecule has 132 valence electrons. The smallest absolute Gasteiger partial charge is 0.237 e. The molecule has 5 nitrogen and oxygen atoms in total. The number of carbonyl (C=O) groups is 1. The van der Waals surface area contributed by atoms with Gasteiger partial charge in [-0.15, -0.1) is 0 Å². The van der Waals surface area contributed by atoms with Gasteiger partial charge in [-0.25, -0.2) is 4.39 Å². The predicted molar refractivity (Wildman–Crippen MR) is 91.6 cm³/mol. The lowest BCUT2D eigenvalue weighted by atomic mass is 10.1. The number of anilines is 1. The van der Waals surface area contributed by atoms with Crippen LogP contribution >= 0.6 is 0 Å². The second-order valence-corrected chi connectivity index (χ2v) is 6.65. The molecule has 2 saturated heterocycles. The van der Waals surface area contributed by atoms with Gasteiger partial charge >= 0.3 is 0 Å². The van der Waals surface area contributed by atoms with Crippen LogP contribution in [0.25, 0.3) is 0 Å². The Hall–Kier alpha value is -1.66. The van der Waals surface area contributed by atoms with Gasteiger partial charge in [0.15, 0.2) is 0 Å². The summed E-state index contributed by atoms with van der Waals surface area (Å²) in [6, 6.07) is 6.48. The Balaban J connectivity index is 1.44. The van der Waals surface area contributed by atoms with Crippen molar-refractivity contribution in [3.05, 3.63) is 30.1 Å². The fraction of sp³-hybridized carbons (Fsp3) is 0.611. The molecule has 2 heterocycles. The number of ether oxygens (including phenoxy) is 1. The third-order valence-electron chi connectivity index (χ3n) is 5.02. The molecular weight excluding hydrogens is 309 g/mol. The molecular formula is C18H26FN3O2. The molecule has 1 aromatic carbocycles. The maximum absolute atomic E-state index is 13.0. The zero-order valence-electron chi connectivity index (χ0n) is 14.2. The van der Waals surface area contributed by atoms with Gasteiger partial charge in [0.25, 0.3) is 0 Å². The second kappa shape index (κ2) is 7.94. The van der Waals surface area contributed by atoms with Crippen molar-refractivity contribution in [2.75, 3.05) is 50.8 Å². The number of nitrogens with zero attached hydrogens (tertiary/aromatic N) is 2. The van der Waals surface area contributed by atoms with Crippen LogP contribution in [0.15, 0.2) is 24.3 Å². The van der Waals surface area contributed by atoms with Gasteiger partial charge in [0.2, 0.25) is 5.91 Å². The number of amides is 1. The highest BCUT2D eigenvalue weighted by Gasteiger charge is 2.26. The number of nitrogens with one attached hydrogen (secondary N) is 1. The Morgan fingerprint density at radius 2 is 2.00 bits per heavy atom. The van der Waals surface area contributed by atoms with Crippen molar-refractivity contribution < 1.29 is 13.9 Å². The summed E-state index contributed by atoms with van der Waals surface area (Å²) in [7, 11) is 0. The molecule has 6 heteroatoms. The summed E-state index contributed by atoms with van der Waals surface area (Å²) in [5, 5.41) is 3.05. The average Bonchev–Trinajstić information content (AvgIpc) is 3.13. The maximum atomic E-state index is 13.0. The van der Waals surface area contributed by atoms with Crippen molar-refractivity contribution in [1.29, 1.82) is 0 Å². The van der Waals surface area contributed by atoms with Gasteiger partial charge < -0.3 is 15.0 Å². The van der Waals surface area contributed by atoms with Crippen LogP contribution in [0.4, 0.5) is 10.1 Å². The number of hydrogen-bond donors (Lipinski definition) is 1. The van der Waals surface area contributed by atoms with Crippen molar-refractivity contribution in [2.24, 2.45) is 5.92 Å². The first-order chi connectivity index (χ1) is 11.6. The van der Waals surface area contributed by atoms with Crippen LogP contribution in [0, 0.1) is 11.7 Å². The van der Waals surface area contributed by atoms with Gasteiger partial charge in [-0.05, 0) is 37.6 Å². The van der Waals surface area contributed by atoms with E-state index in [9.17, 15) is 9.18 Å². The Labute approximate surface area is 142 Å². The first-order valence-corrected chi connectivity index (χ1v) is 8.73. The summed E-state index contributed by atoms with van der Waals surface area (Å²) < 4.78 is 18.4. The fourth-order valence-electron chi connectivity index (χ4n) is 3.32. The first kappa shape index (κ1) is 17.2. The third-order valence-corrected chi connectivity index (χ3v) is 5.02. The van der Waals surface area contributed by atoms with E-state index in [-0.39, 0.29) is 17.8 Å². The van der Waals surface area contributed by atoms with Crippen molar-refractivity contribution in [1.82, 2.24) is 10.2 Å². The van der Waals surface area contributed by atoms with Crippen LogP contribution in [0.1, 0.15) is 13.3 Å². The van der Waals surface area contributed by atoms with Crippen molar-refractivity contribution in [3.8, 4) is 0 Å². The minimum Gasteiger partial charge on any atom is -0.381 e. The molecule has 0 aromatic heterocycles. The van der Waals surface area contributed by atoms with E-state index < -0.39 is 0 Å².